The Balaban J connectivity index is 1.45. The van der Waals surface area contributed by atoms with Gasteiger partial charge in [-0.05, 0) is 17.7 Å². The van der Waals surface area contributed by atoms with E-state index in [9.17, 15) is 13.2 Å². The predicted molar refractivity (Wildman–Crippen MR) is 101 cm³/mol. The Labute approximate surface area is 157 Å². The molecule has 2 atom stereocenters. The minimum atomic E-state index is -3.67. The van der Waals surface area contributed by atoms with Crippen molar-refractivity contribution in [3.05, 3.63) is 72.0 Å². The Morgan fingerprint density at radius 1 is 1.15 bits per heavy atom. The number of furan rings is 1. The Kier molecular flexibility index (Phi) is 4.49. The first-order valence-electron chi connectivity index (χ1n) is 8.67. The average molecular weight is 385 g/mol. The van der Waals surface area contributed by atoms with Gasteiger partial charge in [-0.1, -0.05) is 48.5 Å². The molecule has 1 saturated carbocycles. The van der Waals surface area contributed by atoms with Gasteiger partial charge in [0.25, 0.3) is 6.47 Å². The summed E-state index contributed by atoms with van der Waals surface area (Å²) in [4.78, 5) is 10.9. The Morgan fingerprint density at radius 3 is 2.63 bits per heavy atom. The molecule has 1 aliphatic rings. The van der Waals surface area contributed by atoms with Gasteiger partial charge in [0.2, 0.25) is 10.0 Å². The summed E-state index contributed by atoms with van der Waals surface area (Å²) in [6.07, 6.45) is 0.650. The number of nitrogens with one attached hydrogen (secondary N) is 1. The summed E-state index contributed by atoms with van der Waals surface area (Å²) < 4.78 is 38.5. The van der Waals surface area contributed by atoms with Crippen molar-refractivity contribution < 1.29 is 22.4 Å². The van der Waals surface area contributed by atoms with Gasteiger partial charge in [0, 0.05) is 24.1 Å². The molecule has 140 valence electrons. The van der Waals surface area contributed by atoms with Gasteiger partial charge in [0.15, 0.2) is 5.72 Å². The number of rotatable bonds is 8. The normalized spacial score (nSPS) is 21.9. The number of carbonyl (C=O) groups excluding carboxylic acids is 1. The number of para-hydroxylation sites is 1. The van der Waals surface area contributed by atoms with Gasteiger partial charge < -0.3 is 9.15 Å². The molecule has 1 heterocycles. The highest BCUT2D eigenvalue weighted by Gasteiger charge is 2.60. The van der Waals surface area contributed by atoms with Gasteiger partial charge in [-0.15, -0.1) is 0 Å². The topological polar surface area (TPSA) is 85.6 Å². The largest absolute Gasteiger partial charge is 0.461 e. The van der Waals surface area contributed by atoms with E-state index in [-0.39, 0.29) is 18.1 Å². The number of hydrogen-bond donors (Lipinski definition) is 1. The van der Waals surface area contributed by atoms with Crippen LogP contribution in [-0.2, 0) is 26.0 Å². The van der Waals surface area contributed by atoms with E-state index in [1.54, 1.807) is 0 Å². The van der Waals surface area contributed by atoms with Crippen molar-refractivity contribution in [1.82, 2.24) is 4.72 Å². The smallest absolute Gasteiger partial charge is 0.294 e. The first-order chi connectivity index (χ1) is 13.0. The second-order valence-electron chi connectivity index (χ2n) is 6.69. The van der Waals surface area contributed by atoms with Crippen LogP contribution in [-0.4, -0.2) is 26.4 Å². The third kappa shape index (κ3) is 3.74. The Morgan fingerprint density at radius 2 is 1.89 bits per heavy atom. The quantitative estimate of drug-likeness (QED) is 0.476. The third-order valence-corrected chi connectivity index (χ3v) is 6.19. The monoisotopic (exact) mass is 385 g/mol. The maximum atomic E-state index is 12.6. The molecule has 1 aromatic heterocycles. The molecule has 0 aliphatic heterocycles. The molecule has 0 radical (unpaired) electrons. The lowest BCUT2D eigenvalue weighted by molar-refractivity contribution is -0.136. The van der Waals surface area contributed by atoms with E-state index in [0.29, 0.717) is 18.7 Å². The van der Waals surface area contributed by atoms with E-state index in [0.717, 1.165) is 16.5 Å². The minimum absolute atomic E-state index is 0.154. The van der Waals surface area contributed by atoms with Crippen LogP contribution in [0.1, 0.15) is 23.7 Å². The van der Waals surface area contributed by atoms with Crippen molar-refractivity contribution >= 4 is 27.5 Å². The third-order valence-electron chi connectivity index (χ3n) is 4.79. The SMILES string of the molecule is O=CO[C@@]1(NS(=O)(=O)CCc2cc3ccccc3o2)C[C@@H]1c1ccccc1. The number of hydrogen-bond acceptors (Lipinski definition) is 5. The molecular formula is C20H19NO5S. The van der Waals surface area contributed by atoms with Crippen molar-refractivity contribution in [2.24, 2.45) is 0 Å². The summed E-state index contributed by atoms with van der Waals surface area (Å²) in [6, 6.07) is 18.8. The fourth-order valence-electron chi connectivity index (χ4n) is 3.38. The lowest BCUT2D eigenvalue weighted by Crippen LogP contribution is -2.41. The van der Waals surface area contributed by atoms with E-state index < -0.39 is 15.7 Å². The lowest BCUT2D eigenvalue weighted by Gasteiger charge is -2.17. The fourth-order valence-corrected chi connectivity index (χ4v) is 4.75. The van der Waals surface area contributed by atoms with Crippen molar-refractivity contribution in [3.63, 3.8) is 0 Å². The molecule has 3 aromatic rings. The summed E-state index contributed by atoms with van der Waals surface area (Å²) in [6.45, 7) is 0.296. The molecule has 0 spiro atoms. The Bertz CT molecular complexity index is 1030. The lowest BCUT2D eigenvalue weighted by atomic mass is 10.1. The first-order valence-corrected chi connectivity index (χ1v) is 10.3. The van der Waals surface area contributed by atoms with Crippen LogP contribution in [0.4, 0.5) is 0 Å². The van der Waals surface area contributed by atoms with Gasteiger partial charge in [-0.2, -0.15) is 4.72 Å². The number of carbonyl (C=O) groups is 1. The standard InChI is InChI=1S/C20H19NO5S/c22-14-25-20(13-18(20)15-6-2-1-3-7-15)21-27(23,24)11-10-17-12-16-8-4-5-9-19(16)26-17/h1-9,12,14,18,21H,10-11,13H2/t18-,20+/m1/s1. The van der Waals surface area contributed by atoms with Gasteiger partial charge in [-0.25, -0.2) is 8.42 Å². The van der Waals surface area contributed by atoms with Crippen molar-refractivity contribution in [1.29, 1.82) is 0 Å². The summed E-state index contributed by atoms with van der Waals surface area (Å²) >= 11 is 0. The van der Waals surface area contributed by atoms with E-state index in [4.69, 9.17) is 9.15 Å². The second-order valence-corrected chi connectivity index (χ2v) is 8.53. The molecule has 4 rings (SSSR count). The van der Waals surface area contributed by atoms with Crippen LogP contribution in [0.25, 0.3) is 11.0 Å². The number of ether oxygens (including phenoxy) is 1. The second kappa shape index (κ2) is 6.83. The van der Waals surface area contributed by atoms with E-state index in [2.05, 4.69) is 4.72 Å². The Hall–Kier alpha value is -2.64. The molecular weight excluding hydrogens is 366 g/mol. The summed E-state index contributed by atoms with van der Waals surface area (Å²) in [7, 11) is -3.67. The van der Waals surface area contributed by atoms with Crippen LogP contribution in [0.15, 0.2) is 65.1 Å². The predicted octanol–water partition coefficient (Wildman–Crippen LogP) is 2.95. The molecule has 0 unspecified atom stereocenters. The zero-order valence-corrected chi connectivity index (χ0v) is 15.3. The molecule has 1 fully saturated rings. The van der Waals surface area contributed by atoms with Gasteiger partial charge in [0.1, 0.15) is 11.3 Å². The average Bonchev–Trinajstić information content (AvgIpc) is 3.17. The van der Waals surface area contributed by atoms with Gasteiger partial charge in [-0.3, -0.25) is 4.79 Å². The highest BCUT2D eigenvalue weighted by molar-refractivity contribution is 7.89. The van der Waals surface area contributed by atoms with Crippen LogP contribution >= 0.6 is 0 Å². The molecule has 7 heteroatoms. The fraction of sp³-hybridized carbons (Fsp3) is 0.250. The molecule has 1 aliphatic carbocycles. The zero-order chi connectivity index (χ0) is 18.9. The van der Waals surface area contributed by atoms with Crippen molar-refractivity contribution in [3.8, 4) is 0 Å². The van der Waals surface area contributed by atoms with E-state index in [1.165, 1.54) is 0 Å². The summed E-state index contributed by atoms with van der Waals surface area (Å²) in [5.41, 5.74) is 0.458. The molecule has 0 bridgehead atoms. The number of fused-ring (bicyclic) bond motifs is 1. The van der Waals surface area contributed by atoms with Crippen molar-refractivity contribution in [2.75, 3.05) is 5.75 Å². The zero-order valence-electron chi connectivity index (χ0n) is 14.5. The minimum Gasteiger partial charge on any atom is -0.461 e. The molecule has 0 saturated heterocycles. The summed E-state index contributed by atoms with van der Waals surface area (Å²) in [5, 5.41) is 0.935. The maximum Gasteiger partial charge on any atom is 0.294 e. The van der Waals surface area contributed by atoms with Crippen LogP contribution in [0.2, 0.25) is 0 Å². The highest BCUT2D eigenvalue weighted by atomic mass is 32.2. The molecule has 2 aromatic carbocycles. The van der Waals surface area contributed by atoms with Crippen LogP contribution in [0.3, 0.4) is 0 Å². The van der Waals surface area contributed by atoms with Crippen LogP contribution < -0.4 is 4.72 Å². The maximum absolute atomic E-state index is 12.6. The van der Waals surface area contributed by atoms with Crippen LogP contribution in [0, 0.1) is 0 Å². The number of aryl methyl sites for hydroxylation is 1. The van der Waals surface area contributed by atoms with Gasteiger partial charge >= 0.3 is 0 Å². The first kappa shape index (κ1) is 17.8. The van der Waals surface area contributed by atoms with E-state index >= 15 is 0 Å². The van der Waals surface area contributed by atoms with Crippen molar-refractivity contribution in [2.45, 2.75) is 24.5 Å². The highest BCUT2D eigenvalue weighted by Crippen LogP contribution is 2.52. The number of benzene rings is 2. The van der Waals surface area contributed by atoms with Crippen LogP contribution in [0.5, 0.6) is 0 Å². The molecule has 1 N–H and O–H groups in total. The van der Waals surface area contributed by atoms with Gasteiger partial charge in [0.05, 0.1) is 5.75 Å². The molecule has 27 heavy (non-hydrogen) atoms. The molecule has 0 amide bonds. The summed E-state index contributed by atoms with van der Waals surface area (Å²) in [5.74, 6) is 0.255. The molecule has 6 nitrogen and oxygen atoms in total. The number of sulfonamides is 1. The van der Waals surface area contributed by atoms with E-state index in [1.807, 2.05) is 60.7 Å².